The fraction of sp³-hybridized carbons (Fsp3) is 0.625. The molecule has 106 valence electrons. The lowest BCUT2D eigenvalue weighted by Gasteiger charge is -2.26. The summed E-state index contributed by atoms with van der Waals surface area (Å²) in [5.41, 5.74) is 0.972. The maximum atomic E-state index is 12.9. The summed E-state index contributed by atoms with van der Waals surface area (Å²) in [4.78, 5) is 0. The van der Waals surface area contributed by atoms with E-state index in [1.54, 1.807) is 6.07 Å². The van der Waals surface area contributed by atoms with Crippen LogP contribution < -0.4 is 5.32 Å². The highest BCUT2D eigenvalue weighted by atomic mass is 35.5. The number of hydrogen-bond donors (Lipinski definition) is 1. The summed E-state index contributed by atoms with van der Waals surface area (Å²) in [6, 6.07) is 4.60. The van der Waals surface area contributed by atoms with Gasteiger partial charge < -0.3 is 5.32 Å². The first-order valence-electron chi connectivity index (χ1n) is 7.30. The summed E-state index contributed by atoms with van der Waals surface area (Å²) in [5, 5.41) is 3.93. The Morgan fingerprint density at radius 2 is 2.21 bits per heavy atom. The van der Waals surface area contributed by atoms with E-state index in [0.717, 1.165) is 30.5 Å². The first kappa shape index (κ1) is 14.8. The van der Waals surface area contributed by atoms with Gasteiger partial charge in [0.1, 0.15) is 5.82 Å². The molecule has 0 aliphatic heterocycles. The molecule has 0 aromatic heterocycles. The zero-order chi connectivity index (χ0) is 13.7. The fourth-order valence-electron chi connectivity index (χ4n) is 3.02. The Hall–Kier alpha value is -0.600. The van der Waals surface area contributed by atoms with E-state index in [0.29, 0.717) is 5.02 Å². The average molecular weight is 284 g/mol. The third-order valence-electron chi connectivity index (χ3n) is 4.10. The van der Waals surface area contributed by atoms with Crippen LogP contribution in [0.25, 0.3) is 0 Å². The smallest absolute Gasteiger partial charge is 0.124 e. The maximum Gasteiger partial charge on any atom is 0.124 e. The van der Waals surface area contributed by atoms with Gasteiger partial charge in [0, 0.05) is 11.6 Å². The number of hydrogen-bond acceptors (Lipinski definition) is 1. The van der Waals surface area contributed by atoms with E-state index < -0.39 is 0 Å². The van der Waals surface area contributed by atoms with E-state index in [1.807, 2.05) is 0 Å². The third-order valence-corrected chi connectivity index (χ3v) is 4.46. The Morgan fingerprint density at radius 1 is 1.37 bits per heavy atom. The van der Waals surface area contributed by atoms with Crippen LogP contribution in [0.4, 0.5) is 4.39 Å². The molecule has 0 radical (unpaired) electrons. The molecule has 1 saturated carbocycles. The van der Waals surface area contributed by atoms with Gasteiger partial charge in [0.15, 0.2) is 0 Å². The molecule has 1 aliphatic carbocycles. The van der Waals surface area contributed by atoms with Crippen LogP contribution in [0.3, 0.4) is 0 Å². The second-order valence-electron chi connectivity index (χ2n) is 5.84. The first-order chi connectivity index (χ1) is 9.15. The highest BCUT2D eigenvalue weighted by molar-refractivity contribution is 6.31. The minimum absolute atomic E-state index is 0.273. The summed E-state index contributed by atoms with van der Waals surface area (Å²) in [5.74, 6) is 1.50. The van der Waals surface area contributed by atoms with Gasteiger partial charge in [-0.25, -0.2) is 4.39 Å². The van der Waals surface area contributed by atoms with Gasteiger partial charge in [-0.2, -0.15) is 0 Å². The Kier molecular flexibility index (Phi) is 5.65. The zero-order valence-corrected chi connectivity index (χ0v) is 12.3. The lowest BCUT2D eigenvalue weighted by molar-refractivity contribution is 0.267. The Morgan fingerprint density at radius 3 is 2.95 bits per heavy atom. The molecule has 2 rings (SSSR count). The van der Waals surface area contributed by atoms with Gasteiger partial charge in [-0.05, 0) is 48.9 Å². The molecule has 0 amide bonds. The van der Waals surface area contributed by atoms with Crippen molar-refractivity contribution >= 4 is 11.6 Å². The highest BCUT2D eigenvalue weighted by Crippen LogP contribution is 2.30. The lowest BCUT2D eigenvalue weighted by atomic mass is 9.81. The Labute approximate surface area is 120 Å². The van der Waals surface area contributed by atoms with E-state index in [2.05, 4.69) is 12.2 Å². The molecule has 1 aliphatic rings. The Bertz CT molecular complexity index is 408. The van der Waals surface area contributed by atoms with Crippen molar-refractivity contribution in [3.05, 3.63) is 34.6 Å². The van der Waals surface area contributed by atoms with Gasteiger partial charge in [-0.3, -0.25) is 0 Å². The van der Waals surface area contributed by atoms with Gasteiger partial charge >= 0.3 is 0 Å². The molecule has 1 fully saturated rings. The predicted octanol–water partition coefficient (Wildman–Crippen LogP) is 4.79. The molecule has 1 aromatic carbocycles. The van der Waals surface area contributed by atoms with Crippen LogP contribution in [0, 0.1) is 17.7 Å². The van der Waals surface area contributed by atoms with E-state index in [9.17, 15) is 4.39 Å². The number of halogens is 2. The van der Waals surface area contributed by atoms with Gasteiger partial charge in [-0.15, -0.1) is 0 Å². The van der Waals surface area contributed by atoms with E-state index in [1.165, 1.54) is 44.2 Å². The van der Waals surface area contributed by atoms with Crippen molar-refractivity contribution in [2.45, 2.75) is 45.6 Å². The van der Waals surface area contributed by atoms with Crippen LogP contribution in [-0.4, -0.2) is 6.54 Å². The second-order valence-corrected chi connectivity index (χ2v) is 6.25. The molecule has 1 N–H and O–H groups in total. The monoisotopic (exact) mass is 283 g/mol. The van der Waals surface area contributed by atoms with Crippen LogP contribution in [0.15, 0.2) is 18.2 Å². The minimum Gasteiger partial charge on any atom is -0.313 e. The van der Waals surface area contributed by atoms with Crippen molar-refractivity contribution in [1.29, 1.82) is 0 Å². The minimum atomic E-state index is -0.273. The molecule has 3 heteroatoms. The SMILES string of the molecule is CC1CCCC(CCNCc2ccc(F)cc2Cl)C1. The first-order valence-corrected chi connectivity index (χ1v) is 7.67. The third kappa shape index (κ3) is 4.77. The number of rotatable bonds is 5. The summed E-state index contributed by atoms with van der Waals surface area (Å²) in [6.07, 6.45) is 6.77. The molecule has 1 aromatic rings. The van der Waals surface area contributed by atoms with Crippen molar-refractivity contribution in [3.8, 4) is 0 Å². The molecule has 0 spiro atoms. The molecule has 2 unspecified atom stereocenters. The lowest BCUT2D eigenvalue weighted by Crippen LogP contribution is -2.21. The van der Waals surface area contributed by atoms with Crippen molar-refractivity contribution in [3.63, 3.8) is 0 Å². The molecular weight excluding hydrogens is 261 g/mol. The summed E-state index contributed by atoms with van der Waals surface area (Å²) in [7, 11) is 0. The predicted molar refractivity (Wildman–Crippen MR) is 78.9 cm³/mol. The molecule has 0 bridgehead atoms. The van der Waals surface area contributed by atoms with E-state index in [-0.39, 0.29) is 5.82 Å². The van der Waals surface area contributed by atoms with Gasteiger partial charge in [0.05, 0.1) is 0 Å². The van der Waals surface area contributed by atoms with Crippen molar-refractivity contribution < 1.29 is 4.39 Å². The van der Waals surface area contributed by atoms with Crippen LogP contribution >= 0.6 is 11.6 Å². The summed E-state index contributed by atoms with van der Waals surface area (Å²) >= 11 is 6.00. The van der Waals surface area contributed by atoms with Crippen LogP contribution in [0.1, 0.15) is 44.6 Å². The zero-order valence-electron chi connectivity index (χ0n) is 11.6. The van der Waals surface area contributed by atoms with Gasteiger partial charge in [-0.1, -0.05) is 43.9 Å². The van der Waals surface area contributed by atoms with E-state index in [4.69, 9.17) is 11.6 Å². The second kappa shape index (κ2) is 7.25. The van der Waals surface area contributed by atoms with Crippen molar-refractivity contribution in [1.82, 2.24) is 5.32 Å². The quantitative estimate of drug-likeness (QED) is 0.767. The Balaban J connectivity index is 1.69. The standard InChI is InChI=1S/C16H23ClFN/c1-12-3-2-4-13(9-12)7-8-19-11-14-5-6-15(18)10-16(14)17/h5-6,10,12-13,19H,2-4,7-9,11H2,1H3. The summed E-state index contributed by atoms with van der Waals surface area (Å²) < 4.78 is 12.9. The van der Waals surface area contributed by atoms with Crippen LogP contribution in [-0.2, 0) is 6.54 Å². The normalized spacial score (nSPS) is 23.5. The van der Waals surface area contributed by atoms with Crippen molar-refractivity contribution in [2.75, 3.05) is 6.54 Å². The number of nitrogens with one attached hydrogen (secondary N) is 1. The largest absolute Gasteiger partial charge is 0.313 e. The molecule has 0 saturated heterocycles. The molecule has 19 heavy (non-hydrogen) atoms. The van der Waals surface area contributed by atoms with Crippen molar-refractivity contribution in [2.24, 2.45) is 11.8 Å². The van der Waals surface area contributed by atoms with Crippen LogP contribution in [0.2, 0.25) is 5.02 Å². The molecule has 1 nitrogen and oxygen atoms in total. The highest BCUT2D eigenvalue weighted by Gasteiger charge is 2.18. The average Bonchev–Trinajstić information content (AvgIpc) is 2.37. The molecule has 0 heterocycles. The van der Waals surface area contributed by atoms with Gasteiger partial charge in [0.2, 0.25) is 0 Å². The molecule has 2 atom stereocenters. The summed E-state index contributed by atoms with van der Waals surface area (Å²) in [6.45, 7) is 4.10. The fourth-order valence-corrected chi connectivity index (χ4v) is 3.25. The van der Waals surface area contributed by atoms with Gasteiger partial charge in [0.25, 0.3) is 0 Å². The van der Waals surface area contributed by atoms with Crippen LogP contribution in [0.5, 0.6) is 0 Å². The maximum absolute atomic E-state index is 12.9. The molecular formula is C16H23ClFN. The van der Waals surface area contributed by atoms with E-state index >= 15 is 0 Å². The topological polar surface area (TPSA) is 12.0 Å². The number of benzene rings is 1.